The maximum absolute atomic E-state index is 12.0. The van der Waals surface area contributed by atoms with Crippen LogP contribution in [0.2, 0.25) is 10.0 Å². The van der Waals surface area contributed by atoms with Crippen molar-refractivity contribution >= 4 is 39.9 Å². The number of hydrogen-bond donors (Lipinski definition) is 0. The highest BCUT2D eigenvalue weighted by atomic mass is 35.5. The number of hydrogen-bond acceptors (Lipinski definition) is 2. The number of rotatable bonds is 1. The number of pyridine rings is 1. The molecule has 1 heterocycles. The number of halogens is 2. The smallest absolute Gasteiger partial charge is 0.141 e. The van der Waals surface area contributed by atoms with Crippen LogP contribution in [-0.4, -0.2) is 10.8 Å². The van der Waals surface area contributed by atoms with E-state index >= 15 is 0 Å². The van der Waals surface area contributed by atoms with Crippen LogP contribution in [0.3, 0.4) is 0 Å². The van der Waals surface area contributed by atoms with Crippen molar-refractivity contribution in [1.82, 2.24) is 4.98 Å². The Labute approximate surface area is 121 Å². The Kier molecular flexibility index (Phi) is 3.46. The maximum atomic E-state index is 12.0. The summed E-state index contributed by atoms with van der Waals surface area (Å²) in [5.74, 6) is 0.172. The highest BCUT2D eigenvalue weighted by Gasteiger charge is 2.25. The summed E-state index contributed by atoms with van der Waals surface area (Å²) >= 11 is 12.3. The van der Waals surface area contributed by atoms with Gasteiger partial charge in [0.1, 0.15) is 5.78 Å². The third-order valence-corrected chi connectivity index (χ3v) is 4.20. The fraction of sp³-hybridized carbons (Fsp3) is 0.333. The second-order valence-electron chi connectivity index (χ2n) is 4.96. The number of carbonyl (C=O) groups excluding carboxylic acids is 1. The topological polar surface area (TPSA) is 30.0 Å². The molecule has 0 radical (unpaired) electrons. The van der Waals surface area contributed by atoms with Crippen LogP contribution in [0, 0.1) is 0 Å². The van der Waals surface area contributed by atoms with Crippen LogP contribution in [0.1, 0.15) is 37.3 Å². The van der Waals surface area contributed by atoms with E-state index in [0.717, 1.165) is 35.9 Å². The largest absolute Gasteiger partial charge is 0.299 e. The van der Waals surface area contributed by atoms with Crippen molar-refractivity contribution < 1.29 is 4.79 Å². The lowest BCUT2D eigenvalue weighted by atomic mass is 9.85. The number of Topliss-reactive ketones (excluding diaryl/α,β-unsaturated/α-hetero) is 1. The van der Waals surface area contributed by atoms with Crippen LogP contribution < -0.4 is 0 Å². The zero-order valence-electron chi connectivity index (χ0n) is 10.3. The van der Waals surface area contributed by atoms with E-state index in [9.17, 15) is 4.79 Å². The molecule has 1 fully saturated rings. The molecule has 2 aromatic rings. The summed E-state index contributed by atoms with van der Waals surface area (Å²) in [6, 6.07) is 7.27. The first-order chi connectivity index (χ1) is 9.15. The zero-order chi connectivity index (χ0) is 13.4. The van der Waals surface area contributed by atoms with E-state index in [-0.39, 0.29) is 11.7 Å². The molecule has 1 aliphatic rings. The molecule has 98 valence electrons. The minimum Gasteiger partial charge on any atom is -0.299 e. The van der Waals surface area contributed by atoms with Gasteiger partial charge in [0.15, 0.2) is 0 Å². The Bertz CT molecular complexity index is 654. The maximum Gasteiger partial charge on any atom is 0.141 e. The molecule has 0 N–H and O–H groups in total. The first kappa shape index (κ1) is 12.9. The summed E-state index contributed by atoms with van der Waals surface area (Å²) in [7, 11) is 0. The van der Waals surface area contributed by atoms with E-state index in [4.69, 9.17) is 23.2 Å². The van der Waals surface area contributed by atoms with E-state index in [1.807, 2.05) is 12.1 Å². The molecule has 3 rings (SSSR count). The second-order valence-corrected chi connectivity index (χ2v) is 5.80. The molecule has 1 aliphatic carbocycles. The van der Waals surface area contributed by atoms with E-state index in [2.05, 4.69) is 4.98 Å². The molecule has 0 spiro atoms. The van der Waals surface area contributed by atoms with Crippen molar-refractivity contribution in [2.75, 3.05) is 0 Å². The lowest BCUT2D eigenvalue weighted by molar-refractivity contribution is -0.121. The fourth-order valence-corrected chi connectivity index (χ4v) is 3.09. The third-order valence-electron chi connectivity index (χ3n) is 3.65. The quantitative estimate of drug-likeness (QED) is 0.758. The van der Waals surface area contributed by atoms with Crippen molar-refractivity contribution in [3.8, 4) is 0 Å². The predicted octanol–water partition coefficient (Wildman–Crippen LogP) is 4.77. The number of ketones is 1. The van der Waals surface area contributed by atoms with Gasteiger partial charge < -0.3 is 0 Å². The molecule has 2 nitrogen and oxygen atoms in total. The van der Waals surface area contributed by atoms with Crippen LogP contribution in [0.15, 0.2) is 24.3 Å². The molecular formula is C15H13Cl2NO. The molecule has 4 heteroatoms. The molecule has 1 aromatic carbocycles. The van der Waals surface area contributed by atoms with Gasteiger partial charge in [0.2, 0.25) is 0 Å². The summed E-state index contributed by atoms with van der Waals surface area (Å²) in [4.78, 5) is 16.6. The van der Waals surface area contributed by atoms with Crippen molar-refractivity contribution in [2.45, 2.75) is 31.6 Å². The van der Waals surface area contributed by atoms with Gasteiger partial charge in [0.25, 0.3) is 0 Å². The van der Waals surface area contributed by atoms with Gasteiger partial charge in [-0.15, -0.1) is 0 Å². The van der Waals surface area contributed by atoms with Crippen LogP contribution in [0.4, 0.5) is 0 Å². The summed E-state index contributed by atoms with van der Waals surface area (Å²) < 4.78 is 0. The minimum absolute atomic E-state index is 0.102. The van der Waals surface area contributed by atoms with Gasteiger partial charge in [-0.2, -0.15) is 0 Å². The second kappa shape index (κ2) is 5.10. The lowest BCUT2D eigenvalue weighted by Gasteiger charge is -2.20. The Morgan fingerprint density at radius 3 is 2.79 bits per heavy atom. The van der Waals surface area contributed by atoms with E-state index < -0.39 is 0 Å². The monoisotopic (exact) mass is 293 g/mol. The number of nitrogens with zero attached hydrogens (tertiary/aromatic N) is 1. The van der Waals surface area contributed by atoms with E-state index in [1.165, 1.54) is 0 Å². The predicted molar refractivity (Wildman–Crippen MR) is 78.0 cm³/mol. The SMILES string of the molecule is O=C1CCCC[C@@H]1c1cc(Cl)c2ccc(Cl)cc2n1. The van der Waals surface area contributed by atoms with Crippen molar-refractivity contribution in [1.29, 1.82) is 0 Å². The third kappa shape index (κ3) is 2.47. The van der Waals surface area contributed by atoms with Crippen LogP contribution in [0.5, 0.6) is 0 Å². The van der Waals surface area contributed by atoms with Crippen LogP contribution in [0.25, 0.3) is 10.9 Å². The molecule has 0 saturated heterocycles. The summed E-state index contributed by atoms with van der Waals surface area (Å²) in [5, 5.41) is 2.14. The number of benzene rings is 1. The van der Waals surface area contributed by atoms with E-state index in [0.29, 0.717) is 16.5 Å². The molecule has 0 amide bonds. The van der Waals surface area contributed by atoms with Crippen molar-refractivity contribution in [2.24, 2.45) is 0 Å². The van der Waals surface area contributed by atoms with Gasteiger partial charge in [-0.3, -0.25) is 9.78 Å². The van der Waals surface area contributed by atoms with Gasteiger partial charge in [-0.1, -0.05) is 29.6 Å². The molecule has 0 bridgehead atoms. The van der Waals surface area contributed by atoms with Crippen LogP contribution in [-0.2, 0) is 4.79 Å². The first-order valence-electron chi connectivity index (χ1n) is 6.43. The molecule has 0 aliphatic heterocycles. The average molecular weight is 294 g/mol. The molecule has 1 aromatic heterocycles. The molecule has 1 saturated carbocycles. The standard InChI is InChI=1S/C15H13Cl2NO/c16-9-5-6-10-12(17)8-14(18-13(10)7-9)11-3-1-2-4-15(11)19/h5-8,11H,1-4H2/t11-/m1/s1. The minimum atomic E-state index is -0.102. The highest BCUT2D eigenvalue weighted by Crippen LogP contribution is 2.33. The normalized spacial score (nSPS) is 19.9. The Balaban J connectivity index is 2.11. The van der Waals surface area contributed by atoms with Gasteiger partial charge in [-0.25, -0.2) is 0 Å². The number of aromatic nitrogens is 1. The van der Waals surface area contributed by atoms with Gasteiger partial charge in [0, 0.05) is 16.8 Å². The lowest BCUT2D eigenvalue weighted by Crippen LogP contribution is -2.18. The number of carbonyl (C=O) groups is 1. The molecule has 0 unspecified atom stereocenters. The van der Waals surface area contributed by atoms with Crippen molar-refractivity contribution in [3.05, 3.63) is 40.0 Å². The molecule has 1 atom stereocenters. The van der Waals surface area contributed by atoms with Gasteiger partial charge >= 0.3 is 0 Å². The van der Waals surface area contributed by atoms with Crippen LogP contribution >= 0.6 is 23.2 Å². The Morgan fingerprint density at radius 2 is 2.00 bits per heavy atom. The number of fused-ring (bicyclic) bond motifs is 1. The van der Waals surface area contributed by atoms with Gasteiger partial charge in [0.05, 0.1) is 22.2 Å². The highest BCUT2D eigenvalue weighted by molar-refractivity contribution is 6.36. The summed E-state index contributed by atoms with van der Waals surface area (Å²) in [6.45, 7) is 0. The zero-order valence-corrected chi connectivity index (χ0v) is 11.8. The Hall–Kier alpha value is -1.12. The molecular weight excluding hydrogens is 281 g/mol. The first-order valence-corrected chi connectivity index (χ1v) is 7.19. The Morgan fingerprint density at radius 1 is 1.16 bits per heavy atom. The fourth-order valence-electron chi connectivity index (χ4n) is 2.65. The average Bonchev–Trinajstić information content (AvgIpc) is 2.38. The summed E-state index contributed by atoms with van der Waals surface area (Å²) in [6.07, 6.45) is 3.58. The summed E-state index contributed by atoms with van der Waals surface area (Å²) in [5.41, 5.74) is 1.54. The van der Waals surface area contributed by atoms with E-state index in [1.54, 1.807) is 12.1 Å². The van der Waals surface area contributed by atoms with Gasteiger partial charge in [-0.05, 0) is 37.1 Å². The molecule has 19 heavy (non-hydrogen) atoms. The van der Waals surface area contributed by atoms with Crippen molar-refractivity contribution in [3.63, 3.8) is 0 Å².